The van der Waals surface area contributed by atoms with Crippen LogP contribution < -0.4 is 0 Å². The molecule has 47 heavy (non-hydrogen) atoms. The number of rotatable bonds is 3. The Balaban J connectivity index is 1.37. The number of hydrogen-bond acceptors (Lipinski definition) is 1. The molecule has 0 bridgehead atoms. The van der Waals surface area contributed by atoms with Crippen LogP contribution in [0.2, 0.25) is 0 Å². The minimum absolute atomic E-state index is 0.857. The number of fused-ring (bicyclic) bond motifs is 7. The fourth-order valence-corrected chi connectivity index (χ4v) is 8.12. The largest absolute Gasteiger partial charge is 0.296 e. The molecular weight excluding hydrogens is 569 g/mol. The van der Waals surface area contributed by atoms with Crippen LogP contribution in [0, 0.1) is 0 Å². The van der Waals surface area contributed by atoms with Crippen molar-refractivity contribution in [3.8, 4) is 16.8 Å². The summed E-state index contributed by atoms with van der Waals surface area (Å²) in [5, 5.41) is 15.3. The van der Waals surface area contributed by atoms with Crippen molar-refractivity contribution in [3.05, 3.63) is 157 Å². The fourth-order valence-electron chi connectivity index (χ4n) is 8.12. The molecule has 10 rings (SSSR count). The zero-order valence-electron chi connectivity index (χ0n) is 26.0. The van der Waals surface area contributed by atoms with Crippen molar-refractivity contribution in [2.45, 2.75) is 13.3 Å². The van der Waals surface area contributed by atoms with E-state index in [0.29, 0.717) is 0 Å². The molecule has 1 aromatic heterocycles. The second-order valence-electron chi connectivity index (χ2n) is 12.5. The summed E-state index contributed by atoms with van der Waals surface area (Å²) in [6.45, 7) is 2.19. The standard InChI is InChI=1S/C45H30N2/c1-2-43-46-40-23-9-10-24-42(40)47(43)41-26-25-34(31-16-7-8-19-35(31)41)39-27-28-13-11-20-36-32-17-5-3-14-29(32)30-15-4-6-18-33(30)37-21-12-22-38(39)45(37)44(28)36/h3-27H,2H2,1H3. The van der Waals surface area contributed by atoms with Gasteiger partial charge in [0.15, 0.2) is 0 Å². The number of hydrogen-bond donors (Lipinski definition) is 0. The van der Waals surface area contributed by atoms with Gasteiger partial charge < -0.3 is 0 Å². The van der Waals surface area contributed by atoms with Crippen molar-refractivity contribution in [3.63, 3.8) is 0 Å². The molecule has 2 nitrogen and oxygen atoms in total. The summed E-state index contributed by atoms with van der Waals surface area (Å²) in [5.41, 5.74) is 5.84. The molecule has 0 spiro atoms. The lowest BCUT2D eigenvalue weighted by Gasteiger charge is -2.19. The maximum atomic E-state index is 5.01. The molecule has 0 radical (unpaired) electrons. The van der Waals surface area contributed by atoms with Crippen LogP contribution in [0.15, 0.2) is 152 Å². The highest BCUT2D eigenvalue weighted by Crippen LogP contribution is 2.45. The SMILES string of the molecule is CCc1nc2ccccc2n1-c1ccc(-c2cc3cccc4c5ccccc5c5ccccc5c5cccc2c5c34)c2ccccc12. The van der Waals surface area contributed by atoms with E-state index in [1.165, 1.54) is 81.4 Å². The highest BCUT2D eigenvalue weighted by atomic mass is 15.1. The number of benzene rings is 8. The average Bonchev–Trinajstić information content (AvgIpc) is 3.51. The zero-order chi connectivity index (χ0) is 31.1. The normalized spacial score (nSPS) is 12.0. The Kier molecular flexibility index (Phi) is 5.59. The van der Waals surface area contributed by atoms with Gasteiger partial charge in [-0.05, 0) is 94.6 Å². The fraction of sp³-hybridized carbons (Fsp3) is 0.0444. The summed E-state index contributed by atoms with van der Waals surface area (Å²) in [6, 6.07) is 55.9. The highest BCUT2D eigenvalue weighted by molar-refractivity contribution is 6.34. The van der Waals surface area contributed by atoms with Crippen molar-refractivity contribution in [2.75, 3.05) is 0 Å². The third-order valence-electron chi connectivity index (χ3n) is 10.1. The Hall–Kier alpha value is -5.99. The number of aromatic nitrogens is 2. The van der Waals surface area contributed by atoms with E-state index in [1.54, 1.807) is 0 Å². The molecule has 0 N–H and O–H groups in total. The van der Waals surface area contributed by atoms with Crippen LogP contribution in [-0.4, -0.2) is 9.55 Å². The van der Waals surface area contributed by atoms with Gasteiger partial charge in [0, 0.05) is 11.8 Å². The zero-order valence-corrected chi connectivity index (χ0v) is 26.0. The molecule has 0 atom stereocenters. The Morgan fingerprint density at radius 3 is 1.72 bits per heavy atom. The van der Waals surface area contributed by atoms with Gasteiger partial charge >= 0.3 is 0 Å². The van der Waals surface area contributed by atoms with E-state index in [9.17, 15) is 0 Å². The van der Waals surface area contributed by atoms with Crippen molar-refractivity contribution in [2.24, 2.45) is 0 Å². The van der Waals surface area contributed by atoms with Crippen LogP contribution in [0.1, 0.15) is 12.7 Å². The first kappa shape index (κ1) is 26.2. The van der Waals surface area contributed by atoms with Crippen LogP contribution >= 0.6 is 0 Å². The average molecular weight is 599 g/mol. The van der Waals surface area contributed by atoms with E-state index in [1.807, 2.05) is 0 Å². The monoisotopic (exact) mass is 598 g/mol. The first-order valence-electron chi connectivity index (χ1n) is 16.5. The van der Waals surface area contributed by atoms with Crippen molar-refractivity contribution in [1.82, 2.24) is 9.55 Å². The molecule has 10 aromatic rings. The number of para-hydroxylation sites is 2. The Labute approximate surface area is 272 Å². The van der Waals surface area contributed by atoms with Gasteiger partial charge in [0.1, 0.15) is 5.82 Å². The van der Waals surface area contributed by atoms with Crippen LogP contribution in [0.25, 0.3) is 92.5 Å². The van der Waals surface area contributed by atoms with Gasteiger partial charge in [-0.3, -0.25) is 4.57 Å². The van der Waals surface area contributed by atoms with E-state index < -0.39 is 0 Å². The summed E-state index contributed by atoms with van der Waals surface area (Å²) >= 11 is 0. The van der Waals surface area contributed by atoms with Gasteiger partial charge in [-0.2, -0.15) is 0 Å². The van der Waals surface area contributed by atoms with Crippen molar-refractivity contribution in [1.29, 1.82) is 0 Å². The molecular formula is C45H30N2. The molecule has 1 heterocycles. The van der Waals surface area contributed by atoms with Crippen molar-refractivity contribution < 1.29 is 0 Å². The third-order valence-corrected chi connectivity index (χ3v) is 10.1. The van der Waals surface area contributed by atoms with Crippen LogP contribution in [0.5, 0.6) is 0 Å². The van der Waals surface area contributed by atoms with Gasteiger partial charge in [-0.15, -0.1) is 0 Å². The van der Waals surface area contributed by atoms with Crippen molar-refractivity contribution >= 4 is 75.7 Å². The molecule has 220 valence electrons. The molecule has 0 aliphatic heterocycles. The van der Waals surface area contributed by atoms with E-state index >= 15 is 0 Å². The lowest BCUT2D eigenvalue weighted by Crippen LogP contribution is -2.01. The first-order chi connectivity index (χ1) is 23.3. The predicted molar refractivity (Wildman–Crippen MR) is 201 cm³/mol. The van der Waals surface area contributed by atoms with E-state index in [-0.39, 0.29) is 0 Å². The molecule has 0 unspecified atom stereocenters. The van der Waals surface area contributed by atoms with Crippen LogP contribution in [0.4, 0.5) is 0 Å². The number of nitrogens with zero attached hydrogens (tertiary/aromatic N) is 2. The second-order valence-corrected chi connectivity index (χ2v) is 12.5. The third kappa shape index (κ3) is 3.70. The molecule has 0 saturated carbocycles. The minimum Gasteiger partial charge on any atom is -0.296 e. The molecule has 0 aliphatic rings. The molecule has 2 heteroatoms. The van der Waals surface area contributed by atoms with E-state index in [4.69, 9.17) is 4.98 Å². The van der Waals surface area contributed by atoms with Gasteiger partial charge in [-0.25, -0.2) is 4.98 Å². The maximum Gasteiger partial charge on any atom is 0.114 e. The first-order valence-corrected chi connectivity index (χ1v) is 16.5. The Morgan fingerprint density at radius 2 is 1.00 bits per heavy atom. The summed E-state index contributed by atoms with van der Waals surface area (Å²) in [5.74, 6) is 1.07. The predicted octanol–water partition coefficient (Wildman–Crippen LogP) is 12.2. The summed E-state index contributed by atoms with van der Waals surface area (Å²) in [7, 11) is 0. The molecule has 0 fully saturated rings. The Morgan fingerprint density at radius 1 is 0.447 bits per heavy atom. The molecule has 0 amide bonds. The molecule has 0 saturated heterocycles. The minimum atomic E-state index is 0.857. The Bertz CT molecular complexity index is 2890. The second kappa shape index (κ2) is 10.0. The topological polar surface area (TPSA) is 17.8 Å². The van der Waals surface area contributed by atoms with Gasteiger partial charge in [0.2, 0.25) is 0 Å². The summed E-state index contributed by atoms with van der Waals surface area (Å²) < 4.78 is 2.35. The number of imidazole rings is 1. The molecule has 0 aliphatic carbocycles. The van der Waals surface area contributed by atoms with Gasteiger partial charge in [-0.1, -0.05) is 134 Å². The number of aryl methyl sites for hydroxylation is 1. The quantitative estimate of drug-likeness (QED) is 0.185. The highest BCUT2D eigenvalue weighted by Gasteiger charge is 2.19. The lowest BCUT2D eigenvalue weighted by atomic mass is 9.86. The summed E-state index contributed by atoms with van der Waals surface area (Å²) in [6.07, 6.45) is 0.857. The summed E-state index contributed by atoms with van der Waals surface area (Å²) in [4.78, 5) is 5.01. The van der Waals surface area contributed by atoms with E-state index in [0.717, 1.165) is 23.3 Å². The van der Waals surface area contributed by atoms with Crippen LogP contribution in [-0.2, 0) is 6.42 Å². The van der Waals surface area contributed by atoms with E-state index in [2.05, 4.69) is 163 Å². The lowest BCUT2D eigenvalue weighted by molar-refractivity contribution is 0.913. The van der Waals surface area contributed by atoms with Gasteiger partial charge in [0.05, 0.1) is 16.7 Å². The molecule has 9 aromatic carbocycles. The van der Waals surface area contributed by atoms with Gasteiger partial charge in [0.25, 0.3) is 0 Å². The maximum absolute atomic E-state index is 5.01. The van der Waals surface area contributed by atoms with Crippen LogP contribution in [0.3, 0.4) is 0 Å². The smallest absolute Gasteiger partial charge is 0.114 e.